The van der Waals surface area contributed by atoms with Gasteiger partial charge in [-0.1, -0.05) is 44.5 Å². The molecule has 1 nitrogen and oxygen atoms in total. The fourth-order valence-corrected chi connectivity index (χ4v) is 2.58. The Morgan fingerprint density at radius 3 is 2.82 bits per heavy atom. The summed E-state index contributed by atoms with van der Waals surface area (Å²) in [5.74, 6) is 1.59. The number of rotatable bonds is 6. The maximum absolute atomic E-state index is 3.43. The molecule has 1 aromatic rings. The molecule has 17 heavy (non-hydrogen) atoms. The van der Waals surface area contributed by atoms with Crippen molar-refractivity contribution >= 4 is 0 Å². The molecule has 1 atom stereocenters. The Kier molecular flexibility index (Phi) is 4.61. The molecule has 1 aliphatic carbocycles. The Labute approximate surface area is 106 Å². The smallest absolute Gasteiger partial charge is 0.00201 e. The van der Waals surface area contributed by atoms with E-state index in [0.717, 1.165) is 24.9 Å². The molecule has 2 rings (SSSR count). The van der Waals surface area contributed by atoms with Crippen LogP contribution in [0.5, 0.6) is 0 Å². The molecule has 1 unspecified atom stereocenters. The molecular weight excluding hydrogens is 206 g/mol. The fraction of sp³-hybridized carbons (Fsp3) is 0.625. The number of hydrogen-bond acceptors (Lipinski definition) is 1. The Morgan fingerprint density at radius 1 is 1.35 bits per heavy atom. The van der Waals surface area contributed by atoms with E-state index < -0.39 is 0 Å². The summed E-state index contributed by atoms with van der Waals surface area (Å²) in [4.78, 5) is 0. The SMILES string of the molecule is CCNCC(C)Cc1cccc(C2CCC2)c1. The largest absolute Gasteiger partial charge is 0.317 e. The van der Waals surface area contributed by atoms with E-state index in [0.29, 0.717) is 0 Å². The monoisotopic (exact) mass is 231 g/mol. The molecule has 1 N–H and O–H groups in total. The Morgan fingerprint density at radius 2 is 2.18 bits per heavy atom. The van der Waals surface area contributed by atoms with Crippen LogP contribution in [0.2, 0.25) is 0 Å². The topological polar surface area (TPSA) is 12.0 Å². The summed E-state index contributed by atoms with van der Waals surface area (Å²) in [5, 5.41) is 3.43. The quantitative estimate of drug-likeness (QED) is 0.786. The van der Waals surface area contributed by atoms with Crippen LogP contribution in [0.4, 0.5) is 0 Å². The zero-order chi connectivity index (χ0) is 12.1. The molecule has 0 bridgehead atoms. The molecule has 0 spiro atoms. The fourth-order valence-electron chi connectivity index (χ4n) is 2.58. The highest BCUT2D eigenvalue weighted by molar-refractivity contribution is 5.27. The third-order valence-corrected chi connectivity index (χ3v) is 3.85. The van der Waals surface area contributed by atoms with Crippen LogP contribution in [0.15, 0.2) is 24.3 Å². The molecule has 1 heteroatoms. The summed E-state index contributed by atoms with van der Waals surface area (Å²) in [6.07, 6.45) is 5.42. The molecular formula is C16H25N. The van der Waals surface area contributed by atoms with E-state index in [1.807, 2.05) is 0 Å². The van der Waals surface area contributed by atoms with Crippen molar-refractivity contribution in [3.63, 3.8) is 0 Å². The molecule has 0 heterocycles. The minimum Gasteiger partial charge on any atom is -0.317 e. The highest BCUT2D eigenvalue weighted by Crippen LogP contribution is 2.36. The maximum atomic E-state index is 3.43. The third-order valence-electron chi connectivity index (χ3n) is 3.85. The first kappa shape index (κ1) is 12.6. The summed E-state index contributed by atoms with van der Waals surface area (Å²) in [6, 6.07) is 9.27. The van der Waals surface area contributed by atoms with Crippen LogP contribution in [0.1, 0.15) is 50.2 Å². The molecule has 1 aliphatic rings. The van der Waals surface area contributed by atoms with Gasteiger partial charge in [0, 0.05) is 0 Å². The average Bonchev–Trinajstić information content (AvgIpc) is 2.24. The van der Waals surface area contributed by atoms with E-state index in [9.17, 15) is 0 Å². The van der Waals surface area contributed by atoms with Crippen molar-refractivity contribution < 1.29 is 0 Å². The third kappa shape index (κ3) is 3.57. The molecule has 0 radical (unpaired) electrons. The van der Waals surface area contributed by atoms with Gasteiger partial charge in [0.25, 0.3) is 0 Å². The lowest BCUT2D eigenvalue weighted by atomic mass is 9.79. The summed E-state index contributed by atoms with van der Waals surface area (Å²) in [7, 11) is 0. The normalized spacial score (nSPS) is 17.8. The predicted molar refractivity (Wildman–Crippen MR) is 74.4 cm³/mol. The van der Waals surface area contributed by atoms with Gasteiger partial charge >= 0.3 is 0 Å². The Bertz CT molecular complexity index is 341. The first-order valence-electron chi connectivity index (χ1n) is 7.09. The molecule has 1 aromatic carbocycles. The Balaban J connectivity index is 1.91. The lowest BCUT2D eigenvalue weighted by Gasteiger charge is -2.26. The molecule has 0 aliphatic heterocycles. The summed E-state index contributed by atoms with van der Waals surface area (Å²) in [5.41, 5.74) is 3.09. The van der Waals surface area contributed by atoms with Crippen molar-refractivity contribution in [2.24, 2.45) is 5.92 Å². The molecule has 0 saturated heterocycles. The van der Waals surface area contributed by atoms with Crippen molar-refractivity contribution in [3.8, 4) is 0 Å². The van der Waals surface area contributed by atoms with Gasteiger partial charge < -0.3 is 5.32 Å². The molecule has 94 valence electrons. The van der Waals surface area contributed by atoms with Crippen molar-refractivity contribution in [1.29, 1.82) is 0 Å². The number of nitrogens with one attached hydrogen (secondary N) is 1. The molecule has 0 amide bonds. The second kappa shape index (κ2) is 6.20. The van der Waals surface area contributed by atoms with E-state index in [2.05, 4.69) is 43.4 Å². The van der Waals surface area contributed by atoms with Crippen LogP contribution in [0.25, 0.3) is 0 Å². The van der Waals surface area contributed by atoms with Crippen molar-refractivity contribution in [1.82, 2.24) is 5.32 Å². The van der Waals surface area contributed by atoms with Crippen LogP contribution < -0.4 is 5.32 Å². The van der Waals surface area contributed by atoms with Crippen LogP contribution in [-0.2, 0) is 6.42 Å². The van der Waals surface area contributed by atoms with Gasteiger partial charge in [0.2, 0.25) is 0 Å². The molecule has 1 fully saturated rings. The van der Waals surface area contributed by atoms with Crippen LogP contribution in [-0.4, -0.2) is 13.1 Å². The van der Waals surface area contributed by atoms with Gasteiger partial charge in [0.15, 0.2) is 0 Å². The van der Waals surface area contributed by atoms with Gasteiger partial charge in [-0.25, -0.2) is 0 Å². The van der Waals surface area contributed by atoms with Gasteiger partial charge in [0.05, 0.1) is 0 Å². The van der Waals surface area contributed by atoms with E-state index in [-0.39, 0.29) is 0 Å². The van der Waals surface area contributed by atoms with Crippen LogP contribution in [0.3, 0.4) is 0 Å². The minimum atomic E-state index is 0.728. The molecule has 0 aromatic heterocycles. The standard InChI is InChI=1S/C16H25N/c1-3-17-12-13(2)10-14-6-4-9-16(11-14)15-7-5-8-15/h4,6,9,11,13,15,17H,3,5,7-8,10,12H2,1-2H3. The number of hydrogen-bond donors (Lipinski definition) is 1. The zero-order valence-corrected chi connectivity index (χ0v) is 11.2. The highest BCUT2D eigenvalue weighted by Gasteiger charge is 2.19. The van der Waals surface area contributed by atoms with Crippen molar-refractivity contribution in [2.75, 3.05) is 13.1 Å². The van der Waals surface area contributed by atoms with Gasteiger partial charge in [-0.05, 0) is 55.3 Å². The van der Waals surface area contributed by atoms with Crippen LogP contribution in [0, 0.1) is 5.92 Å². The second-order valence-corrected chi connectivity index (χ2v) is 5.49. The van der Waals surface area contributed by atoms with Gasteiger partial charge in [-0.2, -0.15) is 0 Å². The minimum absolute atomic E-state index is 0.728. The maximum Gasteiger partial charge on any atom is -0.00201 e. The van der Waals surface area contributed by atoms with Gasteiger partial charge in [-0.3, -0.25) is 0 Å². The first-order valence-corrected chi connectivity index (χ1v) is 7.09. The van der Waals surface area contributed by atoms with Crippen molar-refractivity contribution in [3.05, 3.63) is 35.4 Å². The zero-order valence-electron chi connectivity index (χ0n) is 11.2. The van der Waals surface area contributed by atoms with E-state index in [1.54, 1.807) is 5.56 Å². The summed E-state index contributed by atoms with van der Waals surface area (Å²) in [6.45, 7) is 6.71. The van der Waals surface area contributed by atoms with E-state index >= 15 is 0 Å². The van der Waals surface area contributed by atoms with Gasteiger partial charge in [-0.15, -0.1) is 0 Å². The molecule has 1 saturated carbocycles. The number of benzene rings is 1. The lowest BCUT2D eigenvalue weighted by Crippen LogP contribution is -2.22. The predicted octanol–water partition coefficient (Wildman–Crippen LogP) is 3.74. The van der Waals surface area contributed by atoms with Crippen molar-refractivity contribution in [2.45, 2.75) is 45.4 Å². The van der Waals surface area contributed by atoms with E-state index in [4.69, 9.17) is 0 Å². The second-order valence-electron chi connectivity index (χ2n) is 5.49. The van der Waals surface area contributed by atoms with E-state index in [1.165, 1.54) is 31.2 Å². The van der Waals surface area contributed by atoms with Gasteiger partial charge in [0.1, 0.15) is 0 Å². The average molecular weight is 231 g/mol. The Hall–Kier alpha value is -0.820. The van der Waals surface area contributed by atoms with Crippen LogP contribution >= 0.6 is 0 Å². The summed E-state index contributed by atoms with van der Waals surface area (Å²) >= 11 is 0. The summed E-state index contributed by atoms with van der Waals surface area (Å²) < 4.78 is 0. The highest BCUT2D eigenvalue weighted by atomic mass is 14.8. The first-order chi connectivity index (χ1) is 8.29. The lowest BCUT2D eigenvalue weighted by molar-refractivity contribution is 0.419.